The highest BCUT2D eigenvalue weighted by atomic mass is 16.5. The molecule has 132 valence electrons. The predicted molar refractivity (Wildman–Crippen MR) is 97.4 cm³/mol. The van der Waals surface area contributed by atoms with Crippen molar-refractivity contribution in [1.29, 1.82) is 0 Å². The third-order valence-electron chi connectivity index (χ3n) is 3.63. The third kappa shape index (κ3) is 5.84. The summed E-state index contributed by atoms with van der Waals surface area (Å²) in [7, 11) is 1.56. The highest BCUT2D eigenvalue weighted by molar-refractivity contribution is 5.85. The Kier molecular flexibility index (Phi) is 6.39. The molecule has 0 fully saturated rings. The number of rotatable bonds is 6. The summed E-state index contributed by atoms with van der Waals surface area (Å²) in [6, 6.07) is 13.3. The van der Waals surface area contributed by atoms with Crippen LogP contribution in [-0.4, -0.2) is 25.5 Å². The zero-order chi connectivity index (χ0) is 18.2. The number of hydrogen-bond donors (Lipinski definition) is 3. The van der Waals surface area contributed by atoms with Crippen molar-refractivity contribution in [2.45, 2.75) is 20.3 Å². The standard InChI is InChI=1S/C19H23N3O3/c1-13-4-7-16(8-5-13)20-12-19(24)22-21-18(23)11-15-10-14(2)6-9-17(15)25-3/h4-10,20H,11-12H2,1-3H3,(H,21,23)(H,22,24). The van der Waals surface area contributed by atoms with Crippen LogP contribution in [0, 0.1) is 13.8 Å². The molecular formula is C19H23N3O3. The highest BCUT2D eigenvalue weighted by Gasteiger charge is 2.10. The zero-order valence-electron chi connectivity index (χ0n) is 14.7. The van der Waals surface area contributed by atoms with Crippen molar-refractivity contribution in [3.8, 4) is 5.75 Å². The van der Waals surface area contributed by atoms with Crippen LogP contribution in [0.25, 0.3) is 0 Å². The monoisotopic (exact) mass is 341 g/mol. The summed E-state index contributed by atoms with van der Waals surface area (Å²) in [6.07, 6.45) is 0.122. The molecule has 2 aromatic rings. The van der Waals surface area contributed by atoms with E-state index in [9.17, 15) is 9.59 Å². The van der Waals surface area contributed by atoms with Crippen molar-refractivity contribution in [2.75, 3.05) is 19.0 Å². The van der Waals surface area contributed by atoms with Crippen molar-refractivity contribution in [3.05, 3.63) is 59.2 Å². The van der Waals surface area contributed by atoms with E-state index in [1.165, 1.54) is 0 Å². The maximum absolute atomic E-state index is 12.0. The fourth-order valence-electron chi connectivity index (χ4n) is 2.30. The SMILES string of the molecule is COc1ccc(C)cc1CC(=O)NNC(=O)CNc1ccc(C)cc1. The Balaban J connectivity index is 1.78. The molecule has 2 aromatic carbocycles. The molecule has 6 nitrogen and oxygen atoms in total. The number of carbonyl (C=O) groups is 2. The average molecular weight is 341 g/mol. The Labute approximate surface area is 147 Å². The molecule has 0 heterocycles. The Morgan fingerprint density at radius 2 is 1.56 bits per heavy atom. The van der Waals surface area contributed by atoms with E-state index in [4.69, 9.17) is 4.74 Å². The van der Waals surface area contributed by atoms with Gasteiger partial charge in [0.05, 0.1) is 20.1 Å². The van der Waals surface area contributed by atoms with Gasteiger partial charge in [-0.05, 0) is 32.0 Å². The Morgan fingerprint density at radius 3 is 2.24 bits per heavy atom. The third-order valence-corrected chi connectivity index (χ3v) is 3.63. The van der Waals surface area contributed by atoms with E-state index in [0.29, 0.717) is 5.75 Å². The molecular weight excluding hydrogens is 318 g/mol. The Hall–Kier alpha value is -3.02. The summed E-state index contributed by atoms with van der Waals surface area (Å²) in [4.78, 5) is 23.8. The van der Waals surface area contributed by atoms with E-state index < -0.39 is 0 Å². The number of benzene rings is 2. The number of hydrogen-bond acceptors (Lipinski definition) is 4. The van der Waals surface area contributed by atoms with Crippen LogP contribution in [0.5, 0.6) is 5.75 Å². The minimum Gasteiger partial charge on any atom is -0.496 e. The predicted octanol–water partition coefficient (Wildman–Crippen LogP) is 2.11. The summed E-state index contributed by atoms with van der Waals surface area (Å²) >= 11 is 0. The molecule has 2 amide bonds. The first-order valence-corrected chi connectivity index (χ1v) is 7.99. The van der Waals surface area contributed by atoms with Gasteiger partial charge in [0.2, 0.25) is 5.91 Å². The van der Waals surface area contributed by atoms with Crippen molar-refractivity contribution < 1.29 is 14.3 Å². The van der Waals surface area contributed by atoms with E-state index in [1.807, 2.05) is 56.3 Å². The van der Waals surface area contributed by atoms with Crippen LogP contribution in [0.2, 0.25) is 0 Å². The van der Waals surface area contributed by atoms with Gasteiger partial charge in [0, 0.05) is 11.3 Å². The molecule has 0 atom stereocenters. The van der Waals surface area contributed by atoms with Crippen LogP contribution in [0.4, 0.5) is 5.69 Å². The molecule has 0 aliphatic carbocycles. The van der Waals surface area contributed by atoms with Gasteiger partial charge < -0.3 is 10.1 Å². The number of nitrogens with one attached hydrogen (secondary N) is 3. The number of carbonyl (C=O) groups excluding carboxylic acids is 2. The van der Waals surface area contributed by atoms with Gasteiger partial charge in [-0.1, -0.05) is 35.4 Å². The van der Waals surface area contributed by atoms with Crippen molar-refractivity contribution in [2.24, 2.45) is 0 Å². The molecule has 25 heavy (non-hydrogen) atoms. The number of anilines is 1. The quantitative estimate of drug-likeness (QED) is 0.703. The lowest BCUT2D eigenvalue weighted by atomic mass is 10.1. The highest BCUT2D eigenvalue weighted by Crippen LogP contribution is 2.19. The van der Waals surface area contributed by atoms with Gasteiger partial charge in [-0.25, -0.2) is 0 Å². The van der Waals surface area contributed by atoms with Gasteiger partial charge in [0.15, 0.2) is 0 Å². The summed E-state index contributed by atoms with van der Waals surface area (Å²) < 4.78 is 5.25. The van der Waals surface area contributed by atoms with Crippen molar-refractivity contribution in [3.63, 3.8) is 0 Å². The first kappa shape index (κ1) is 18.3. The average Bonchev–Trinajstić information content (AvgIpc) is 2.59. The summed E-state index contributed by atoms with van der Waals surface area (Å²) in [5, 5.41) is 2.99. The largest absolute Gasteiger partial charge is 0.496 e. The molecule has 0 aliphatic rings. The lowest BCUT2D eigenvalue weighted by molar-refractivity contribution is -0.127. The topological polar surface area (TPSA) is 79.5 Å². The van der Waals surface area contributed by atoms with Crippen LogP contribution in [-0.2, 0) is 16.0 Å². The number of hydrazine groups is 1. The van der Waals surface area contributed by atoms with Gasteiger partial charge in [0.25, 0.3) is 5.91 Å². The second kappa shape index (κ2) is 8.73. The maximum atomic E-state index is 12.0. The number of aryl methyl sites for hydroxylation is 2. The summed E-state index contributed by atoms with van der Waals surface area (Å²) in [6.45, 7) is 4.01. The van der Waals surface area contributed by atoms with Crippen LogP contribution in [0.1, 0.15) is 16.7 Å². The first-order valence-electron chi connectivity index (χ1n) is 7.99. The second-order valence-electron chi connectivity index (χ2n) is 5.81. The number of ether oxygens (including phenoxy) is 1. The normalized spacial score (nSPS) is 10.0. The molecule has 0 saturated carbocycles. The molecule has 3 N–H and O–H groups in total. The van der Waals surface area contributed by atoms with Crippen LogP contribution < -0.4 is 20.9 Å². The lowest BCUT2D eigenvalue weighted by Gasteiger charge is -2.11. The molecule has 0 saturated heterocycles. The maximum Gasteiger partial charge on any atom is 0.257 e. The number of methoxy groups -OCH3 is 1. The van der Waals surface area contributed by atoms with Gasteiger partial charge in [-0.15, -0.1) is 0 Å². The molecule has 0 aliphatic heterocycles. The van der Waals surface area contributed by atoms with Gasteiger partial charge >= 0.3 is 0 Å². The smallest absolute Gasteiger partial charge is 0.257 e. The fraction of sp³-hybridized carbons (Fsp3) is 0.263. The first-order chi connectivity index (χ1) is 12.0. The number of amides is 2. The van der Waals surface area contributed by atoms with E-state index in [1.54, 1.807) is 7.11 Å². The van der Waals surface area contributed by atoms with E-state index >= 15 is 0 Å². The molecule has 0 aromatic heterocycles. The second-order valence-corrected chi connectivity index (χ2v) is 5.81. The molecule has 0 spiro atoms. The minimum absolute atomic E-state index is 0.0666. The van der Waals surface area contributed by atoms with Gasteiger partial charge in [-0.3, -0.25) is 20.4 Å². The summed E-state index contributed by atoms with van der Waals surface area (Å²) in [5.74, 6) is 0.00540. The lowest BCUT2D eigenvalue weighted by Crippen LogP contribution is -2.44. The molecule has 6 heteroatoms. The Bertz CT molecular complexity index is 742. The molecule has 0 bridgehead atoms. The molecule has 0 radical (unpaired) electrons. The summed E-state index contributed by atoms with van der Waals surface area (Å²) in [5.41, 5.74) is 8.61. The van der Waals surface area contributed by atoms with E-state index in [0.717, 1.165) is 22.4 Å². The van der Waals surface area contributed by atoms with Gasteiger partial charge in [-0.2, -0.15) is 0 Å². The van der Waals surface area contributed by atoms with E-state index in [-0.39, 0.29) is 24.8 Å². The van der Waals surface area contributed by atoms with Crippen LogP contribution >= 0.6 is 0 Å². The fourth-order valence-corrected chi connectivity index (χ4v) is 2.30. The Morgan fingerprint density at radius 1 is 0.920 bits per heavy atom. The molecule has 2 rings (SSSR count). The van der Waals surface area contributed by atoms with Gasteiger partial charge in [0.1, 0.15) is 5.75 Å². The van der Waals surface area contributed by atoms with Crippen LogP contribution in [0.15, 0.2) is 42.5 Å². The van der Waals surface area contributed by atoms with Crippen molar-refractivity contribution in [1.82, 2.24) is 10.9 Å². The minimum atomic E-state index is -0.329. The van der Waals surface area contributed by atoms with E-state index in [2.05, 4.69) is 16.2 Å². The van der Waals surface area contributed by atoms with Crippen molar-refractivity contribution >= 4 is 17.5 Å². The molecule has 0 unspecified atom stereocenters. The zero-order valence-corrected chi connectivity index (χ0v) is 14.7. The van der Waals surface area contributed by atoms with Crippen LogP contribution in [0.3, 0.4) is 0 Å².